The van der Waals surface area contributed by atoms with E-state index in [0.717, 1.165) is 31.4 Å². The fourth-order valence-electron chi connectivity index (χ4n) is 2.54. The molecule has 0 atom stereocenters. The normalized spacial score (nSPS) is 13.1. The monoisotopic (exact) mass is 271 g/mol. The molecule has 2 N–H and O–H groups in total. The fourth-order valence-corrected chi connectivity index (χ4v) is 2.54. The zero-order chi connectivity index (χ0) is 14.1. The van der Waals surface area contributed by atoms with Crippen molar-refractivity contribution in [2.45, 2.75) is 19.3 Å². The number of benzene rings is 2. The molecule has 0 unspecified atom stereocenters. The third-order valence-corrected chi connectivity index (χ3v) is 3.56. The molecule has 2 aromatic carbocycles. The van der Waals surface area contributed by atoms with Crippen molar-refractivity contribution in [3.8, 4) is 5.75 Å². The number of nitrogens with one attached hydrogen (secondary N) is 1. The predicted molar refractivity (Wildman–Crippen MR) is 74.5 cm³/mol. The van der Waals surface area contributed by atoms with Gasteiger partial charge in [0.2, 0.25) is 0 Å². The predicted octanol–water partition coefficient (Wildman–Crippen LogP) is 3.27. The van der Waals surface area contributed by atoms with Gasteiger partial charge in [0, 0.05) is 5.69 Å². The number of hydrogen-bond donors (Lipinski definition) is 2. The van der Waals surface area contributed by atoms with Crippen molar-refractivity contribution in [1.29, 1.82) is 0 Å². The first-order valence-electron chi connectivity index (χ1n) is 6.55. The molecule has 0 saturated heterocycles. The lowest BCUT2D eigenvalue weighted by molar-refractivity contribution is 0.102. The van der Waals surface area contributed by atoms with Gasteiger partial charge in [-0.25, -0.2) is 4.39 Å². The largest absolute Gasteiger partial charge is 0.507 e. The summed E-state index contributed by atoms with van der Waals surface area (Å²) < 4.78 is 13.1. The van der Waals surface area contributed by atoms with Crippen LogP contribution < -0.4 is 5.32 Å². The summed E-state index contributed by atoms with van der Waals surface area (Å²) >= 11 is 0. The molecule has 0 aliphatic heterocycles. The average Bonchev–Trinajstić information content (AvgIpc) is 2.89. The van der Waals surface area contributed by atoms with Gasteiger partial charge in [-0.05, 0) is 60.7 Å². The van der Waals surface area contributed by atoms with E-state index in [4.69, 9.17) is 0 Å². The van der Waals surface area contributed by atoms with Crippen molar-refractivity contribution in [2.24, 2.45) is 0 Å². The number of phenols is 1. The van der Waals surface area contributed by atoms with Crippen molar-refractivity contribution in [3.05, 3.63) is 58.9 Å². The van der Waals surface area contributed by atoms with Crippen LogP contribution in [0.15, 0.2) is 36.4 Å². The van der Waals surface area contributed by atoms with Gasteiger partial charge in [0.25, 0.3) is 5.91 Å². The van der Waals surface area contributed by atoms with Crippen LogP contribution in [0.4, 0.5) is 10.1 Å². The molecule has 0 radical (unpaired) electrons. The molecular formula is C16H14FNO2. The van der Waals surface area contributed by atoms with Gasteiger partial charge in [-0.15, -0.1) is 0 Å². The van der Waals surface area contributed by atoms with E-state index < -0.39 is 11.7 Å². The molecule has 0 fully saturated rings. The molecule has 0 aromatic heterocycles. The number of halogens is 1. The zero-order valence-corrected chi connectivity index (χ0v) is 10.8. The molecule has 102 valence electrons. The van der Waals surface area contributed by atoms with Gasteiger partial charge in [0.1, 0.15) is 11.6 Å². The number of phenolic OH excluding ortho intramolecular Hbond substituents is 1. The molecular weight excluding hydrogens is 257 g/mol. The molecule has 0 heterocycles. The summed E-state index contributed by atoms with van der Waals surface area (Å²) in [6.45, 7) is 0. The standard InChI is InChI=1S/C16H14FNO2/c17-12-5-7-15(19)14(9-12)16(20)18-13-6-4-10-2-1-3-11(10)8-13/h4-9,19H,1-3H2,(H,18,20). The molecule has 0 spiro atoms. The smallest absolute Gasteiger partial charge is 0.259 e. The second-order valence-electron chi connectivity index (χ2n) is 4.95. The second-order valence-corrected chi connectivity index (χ2v) is 4.95. The van der Waals surface area contributed by atoms with Crippen LogP contribution in [0, 0.1) is 5.82 Å². The molecule has 0 bridgehead atoms. The minimum Gasteiger partial charge on any atom is -0.507 e. The number of hydrogen-bond acceptors (Lipinski definition) is 2. The van der Waals surface area contributed by atoms with Gasteiger partial charge in [0.05, 0.1) is 5.56 Å². The Kier molecular flexibility index (Phi) is 3.14. The van der Waals surface area contributed by atoms with Gasteiger partial charge in [-0.1, -0.05) is 6.07 Å². The SMILES string of the molecule is O=C(Nc1ccc2c(c1)CCC2)c1cc(F)ccc1O. The minimum atomic E-state index is -0.554. The number of anilines is 1. The summed E-state index contributed by atoms with van der Waals surface area (Å²) in [5, 5.41) is 12.3. The van der Waals surface area contributed by atoms with E-state index >= 15 is 0 Å². The number of aromatic hydroxyl groups is 1. The van der Waals surface area contributed by atoms with E-state index in [1.54, 1.807) is 0 Å². The molecule has 4 heteroatoms. The Bertz CT molecular complexity index is 682. The van der Waals surface area contributed by atoms with Crippen LogP contribution in [-0.2, 0) is 12.8 Å². The first kappa shape index (κ1) is 12.7. The number of carbonyl (C=O) groups is 1. The first-order valence-corrected chi connectivity index (χ1v) is 6.55. The van der Waals surface area contributed by atoms with E-state index in [1.165, 1.54) is 17.2 Å². The van der Waals surface area contributed by atoms with E-state index in [2.05, 4.69) is 5.32 Å². The Morgan fingerprint density at radius 1 is 1.10 bits per heavy atom. The van der Waals surface area contributed by atoms with E-state index in [9.17, 15) is 14.3 Å². The Morgan fingerprint density at radius 3 is 2.75 bits per heavy atom. The van der Waals surface area contributed by atoms with Crippen molar-refractivity contribution in [3.63, 3.8) is 0 Å². The Balaban J connectivity index is 1.84. The van der Waals surface area contributed by atoms with Gasteiger partial charge in [0.15, 0.2) is 0 Å². The zero-order valence-electron chi connectivity index (χ0n) is 10.8. The van der Waals surface area contributed by atoms with Crippen LogP contribution in [0.25, 0.3) is 0 Å². The van der Waals surface area contributed by atoms with Gasteiger partial charge in [-0.2, -0.15) is 0 Å². The maximum absolute atomic E-state index is 13.1. The first-order chi connectivity index (χ1) is 9.63. The lowest BCUT2D eigenvalue weighted by atomic mass is 10.1. The number of carbonyl (C=O) groups excluding carboxylic acids is 1. The van der Waals surface area contributed by atoms with Gasteiger partial charge >= 0.3 is 0 Å². The Hall–Kier alpha value is -2.36. The lowest BCUT2D eigenvalue weighted by Gasteiger charge is -2.08. The van der Waals surface area contributed by atoms with Crippen molar-refractivity contribution in [1.82, 2.24) is 0 Å². The topological polar surface area (TPSA) is 49.3 Å². The molecule has 3 rings (SSSR count). The summed E-state index contributed by atoms with van der Waals surface area (Å²) in [5.41, 5.74) is 3.16. The number of aryl methyl sites for hydroxylation is 2. The third kappa shape index (κ3) is 2.37. The van der Waals surface area contributed by atoms with Crippen LogP contribution in [0.5, 0.6) is 5.75 Å². The summed E-state index contributed by atoms with van der Waals surface area (Å²) in [6.07, 6.45) is 3.23. The number of fused-ring (bicyclic) bond motifs is 1. The highest BCUT2D eigenvalue weighted by molar-refractivity contribution is 6.06. The highest BCUT2D eigenvalue weighted by Gasteiger charge is 2.15. The minimum absolute atomic E-state index is 0.0644. The molecule has 3 nitrogen and oxygen atoms in total. The molecule has 2 aromatic rings. The summed E-state index contributed by atoms with van der Waals surface area (Å²) in [4.78, 5) is 12.0. The van der Waals surface area contributed by atoms with Crippen LogP contribution >= 0.6 is 0 Å². The molecule has 0 saturated carbocycles. The summed E-state index contributed by atoms with van der Waals surface area (Å²) in [5.74, 6) is -1.30. The van der Waals surface area contributed by atoms with E-state index in [-0.39, 0.29) is 11.3 Å². The molecule has 1 amide bonds. The summed E-state index contributed by atoms with van der Waals surface area (Å²) in [6, 6.07) is 9.09. The maximum Gasteiger partial charge on any atom is 0.259 e. The maximum atomic E-state index is 13.1. The van der Waals surface area contributed by atoms with Crippen molar-refractivity contribution in [2.75, 3.05) is 5.32 Å². The average molecular weight is 271 g/mol. The van der Waals surface area contributed by atoms with Crippen LogP contribution in [0.2, 0.25) is 0 Å². The summed E-state index contributed by atoms with van der Waals surface area (Å²) in [7, 11) is 0. The van der Waals surface area contributed by atoms with Gasteiger partial charge in [-0.3, -0.25) is 4.79 Å². The Labute approximate surface area is 116 Å². The third-order valence-electron chi connectivity index (χ3n) is 3.56. The Morgan fingerprint density at radius 2 is 1.90 bits per heavy atom. The fraction of sp³-hybridized carbons (Fsp3) is 0.188. The molecule has 1 aliphatic rings. The molecule has 20 heavy (non-hydrogen) atoms. The van der Waals surface area contributed by atoms with E-state index in [1.807, 2.05) is 18.2 Å². The van der Waals surface area contributed by atoms with E-state index in [0.29, 0.717) is 5.69 Å². The molecule has 1 aliphatic carbocycles. The van der Waals surface area contributed by atoms with Crippen LogP contribution in [-0.4, -0.2) is 11.0 Å². The van der Waals surface area contributed by atoms with Crippen molar-refractivity contribution < 1.29 is 14.3 Å². The van der Waals surface area contributed by atoms with Crippen LogP contribution in [0.1, 0.15) is 27.9 Å². The quantitative estimate of drug-likeness (QED) is 0.880. The highest BCUT2D eigenvalue weighted by Crippen LogP contribution is 2.26. The lowest BCUT2D eigenvalue weighted by Crippen LogP contribution is -2.12. The number of amides is 1. The second kappa shape index (κ2) is 4.96. The van der Waals surface area contributed by atoms with Gasteiger partial charge < -0.3 is 10.4 Å². The van der Waals surface area contributed by atoms with Crippen LogP contribution in [0.3, 0.4) is 0 Å². The van der Waals surface area contributed by atoms with Crippen molar-refractivity contribution >= 4 is 11.6 Å². The highest BCUT2D eigenvalue weighted by atomic mass is 19.1. The number of rotatable bonds is 2.